The van der Waals surface area contributed by atoms with E-state index in [9.17, 15) is 4.79 Å². The molecule has 1 saturated carbocycles. The summed E-state index contributed by atoms with van der Waals surface area (Å²) in [4.78, 5) is 14.2. The summed E-state index contributed by atoms with van der Waals surface area (Å²) in [5.41, 5.74) is 2.58. The molecule has 2 heterocycles. The fourth-order valence-corrected chi connectivity index (χ4v) is 4.98. The third-order valence-electron chi connectivity index (χ3n) is 6.30. The van der Waals surface area contributed by atoms with Crippen LogP contribution in [0.2, 0.25) is 0 Å². The van der Waals surface area contributed by atoms with Crippen LogP contribution in [0.1, 0.15) is 56.3 Å². The smallest absolute Gasteiger partial charge is 0.217 e. The van der Waals surface area contributed by atoms with Crippen LogP contribution in [-0.2, 0) is 20.8 Å². The third kappa shape index (κ3) is 4.71. The van der Waals surface area contributed by atoms with E-state index in [1.807, 2.05) is 0 Å². The van der Waals surface area contributed by atoms with Crippen LogP contribution in [0.15, 0.2) is 24.3 Å². The molecule has 0 spiro atoms. The summed E-state index contributed by atoms with van der Waals surface area (Å²) in [6.07, 6.45) is 5.99. The molecular formula is C22H32N2O3. The summed E-state index contributed by atoms with van der Waals surface area (Å²) >= 11 is 0. The van der Waals surface area contributed by atoms with Gasteiger partial charge >= 0.3 is 0 Å². The molecule has 1 aliphatic carbocycles. The monoisotopic (exact) mass is 372 g/mol. The predicted octanol–water partition coefficient (Wildman–Crippen LogP) is 3.04. The summed E-state index contributed by atoms with van der Waals surface area (Å²) in [5.74, 6) is 0.543. The lowest BCUT2D eigenvalue weighted by Gasteiger charge is -2.45. The second-order valence-corrected chi connectivity index (χ2v) is 8.29. The highest BCUT2D eigenvalue weighted by Gasteiger charge is 2.40. The van der Waals surface area contributed by atoms with Crippen molar-refractivity contribution in [2.45, 2.75) is 63.8 Å². The van der Waals surface area contributed by atoms with Crippen molar-refractivity contribution in [3.8, 4) is 0 Å². The summed E-state index contributed by atoms with van der Waals surface area (Å²) < 4.78 is 12.0. The second kappa shape index (κ2) is 8.72. The van der Waals surface area contributed by atoms with Gasteiger partial charge in [-0.25, -0.2) is 0 Å². The minimum Gasteiger partial charge on any atom is -0.379 e. The lowest BCUT2D eigenvalue weighted by Crippen LogP contribution is -2.50. The van der Waals surface area contributed by atoms with Crippen molar-refractivity contribution >= 4 is 5.91 Å². The van der Waals surface area contributed by atoms with E-state index in [-0.39, 0.29) is 24.2 Å². The number of hydrogen-bond acceptors (Lipinski definition) is 4. The van der Waals surface area contributed by atoms with E-state index in [0.717, 1.165) is 45.7 Å². The van der Waals surface area contributed by atoms with Crippen molar-refractivity contribution in [1.82, 2.24) is 10.2 Å². The number of benzene rings is 1. The molecule has 0 aromatic heterocycles. The number of hydrogen-bond donors (Lipinski definition) is 1. The van der Waals surface area contributed by atoms with Gasteiger partial charge in [0.2, 0.25) is 5.91 Å². The zero-order valence-electron chi connectivity index (χ0n) is 16.4. The molecule has 4 rings (SSSR count). The summed E-state index contributed by atoms with van der Waals surface area (Å²) in [6, 6.07) is 9.07. The van der Waals surface area contributed by atoms with Gasteiger partial charge in [-0.05, 0) is 30.4 Å². The van der Waals surface area contributed by atoms with E-state index < -0.39 is 0 Å². The SMILES string of the molecule is CC(=O)N[C@@H]1C[C@H](c2cccc(CN3CCOCC3)c2)O[C@@H]2CCCC[C@@H]12. The van der Waals surface area contributed by atoms with Gasteiger partial charge in [0.05, 0.1) is 25.4 Å². The molecule has 1 aromatic carbocycles. The Morgan fingerprint density at radius 1 is 1.22 bits per heavy atom. The maximum atomic E-state index is 11.7. The number of morpholine rings is 1. The molecule has 5 heteroatoms. The van der Waals surface area contributed by atoms with E-state index in [1.165, 1.54) is 30.4 Å². The fraction of sp³-hybridized carbons (Fsp3) is 0.682. The number of nitrogens with zero attached hydrogens (tertiary/aromatic N) is 1. The summed E-state index contributed by atoms with van der Waals surface area (Å²) in [7, 11) is 0. The molecule has 0 radical (unpaired) electrons. The van der Waals surface area contributed by atoms with Crippen LogP contribution < -0.4 is 5.32 Å². The lowest BCUT2D eigenvalue weighted by atomic mass is 9.76. The average Bonchev–Trinajstić information content (AvgIpc) is 2.68. The molecule has 1 amide bonds. The first-order valence-corrected chi connectivity index (χ1v) is 10.5. The number of nitrogens with one attached hydrogen (secondary N) is 1. The van der Waals surface area contributed by atoms with Crippen LogP contribution >= 0.6 is 0 Å². The van der Waals surface area contributed by atoms with Crippen LogP contribution in [-0.4, -0.2) is 49.3 Å². The Morgan fingerprint density at radius 2 is 2.04 bits per heavy atom. The standard InChI is InChI=1S/C22H32N2O3/c1-16(25)23-20-14-22(27-21-8-3-2-7-19(20)21)18-6-4-5-17(13-18)15-24-9-11-26-12-10-24/h4-6,13,19-22H,2-3,7-12,14-15H2,1H3,(H,23,25)/t19-,20+,21+,22+/m0/s1. The maximum absolute atomic E-state index is 11.7. The van der Waals surface area contributed by atoms with Crippen LogP contribution in [0.25, 0.3) is 0 Å². The number of rotatable bonds is 4. The molecule has 3 fully saturated rings. The van der Waals surface area contributed by atoms with E-state index in [2.05, 4.69) is 34.5 Å². The van der Waals surface area contributed by atoms with E-state index in [0.29, 0.717) is 5.92 Å². The average molecular weight is 373 g/mol. The molecule has 1 aromatic rings. The maximum Gasteiger partial charge on any atom is 0.217 e. The van der Waals surface area contributed by atoms with Crippen LogP contribution in [0, 0.1) is 5.92 Å². The minimum absolute atomic E-state index is 0.0749. The first-order chi connectivity index (χ1) is 13.2. The Labute approximate surface area is 162 Å². The van der Waals surface area contributed by atoms with E-state index in [4.69, 9.17) is 9.47 Å². The second-order valence-electron chi connectivity index (χ2n) is 8.29. The Morgan fingerprint density at radius 3 is 2.85 bits per heavy atom. The largest absolute Gasteiger partial charge is 0.379 e. The van der Waals surface area contributed by atoms with Gasteiger partial charge in [0.15, 0.2) is 0 Å². The quantitative estimate of drug-likeness (QED) is 0.883. The van der Waals surface area contributed by atoms with Crippen molar-refractivity contribution in [3.05, 3.63) is 35.4 Å². The Bertz CT molecular complexity index is 644. The number of carbonyl (C=O) groups is 1. The van der Waals surface area contributed by atoms with Gasteiger partial charge in [-0.3, -0.25) is 9.69 Å². The molecule has 27 heavy (non-hydrogen) atoms. The number of carbonyl (C=O) groups excluding carboxylic acids is 1. The number of fused-ring (bicyclic) bond motifs is 1. The fourth-order valence-electron chi connectivity index (χ4n) is 4.98. The van der Waals surface area contributed by atoms with Crippen LogP contribution in [0.5, 0.6) is 0 Å². The van der Waals surface area contributed by atoms with Gasteiger partial charge in [-0.15, -0.1) is 0 Å². The molecule has 5 nitrogen and oxygen atoms in total. The van der Waals surface area contributed by atoms with Crippen LogP contribution in [0.4, 0.5) is 0 Å². The van der Waals surface area contributed by atoms with Gasteiger partial charge in [0.25, 0.3) is 0 Å². The van der Waals surface area contributed by atoms with E-state index >= 15 is 0 Å². The van der Waals surface area contributed by atoms with Crippen molar-refractivity contribution in [1.29, 1.82) is 0 Å². The highest BCUT2D eigenvalue weighted by molar-refractivity contribution is 5.73. The molecule has 0 unspecified atom stereocenters. The number of ether oxygens (including phenoxy) is 2. The molecule has 0 bridgehead atoms. The van der Waals surface area contributed by atoms with Gasteiger partial charge in [-0.1, -0.05) is 37.1 Å². The van der Waals surface area contributed by atoms with E-state index in [1.54, 1.807) is 6.92 Å². The van der Waals surface area contributed by atoms with Crippen molar-refractivity contribution in [3.63, 3.8) is 0 Å². The Hall–Kier alpha value is -1.43. The highest BCUT2D eigenvalue weighted by Crippen LogP contribution is 2.41. The zero-order chi connectivity index (χ0) is 18.6. The molecule has 3 aliphatic rings. The summed E-state index contributed by atoms with van der Waals surface area (Å²) in [6.45, 7) is 6.24. The third-order valence-corrected chi connectivity index (χ3v) is 6.30. The van der Waals surface area contributed by atoms with Crippen molar-refractivity contribution < 1.29 is 14.3 Å². The molecule has 2 aliphatic heterocycles. The minimum atomic E-state index is 0.0749. The van der Waals surface area contributed by atoms with Gasteiger partial charge < -0.3 is 14.8 Å². The Kier molecular flexibility index (Phi) is 6.11. The zero-order valence-corrected chi connectivity index (χ0v) is 16.4. The van der Waals surface area contributed by atoms with Gasteiger partial charge in [-0.2, -0.15) is 0 Å². The molecule has 148 valence electrons. The van der Waals surface area contributed by atoms with Crippen molar-refractivity contribution in [2.75, 3.05) is 26.3 Å². The highest BCUT2D eigenvalue weighted by atomic mass is 16.5. The normalized spacial score (nSPS) is 31.9. The van der Waals surface area contributed by atoms with Crippen molar-refractivity contribution in [2.24, 2.45) is 5.92 Å². The topological polar surface area (TPSA) is 50.8 Å². The Balaban J connectivity index is 1.48. The molecular weight excluding hydrogens is 340 g/mol. The lowest BCUT2D eigenvalue weighted by molar-refractivity contribution is -0.131. The first-order valence-electron chi connectivity index (χ1n) is 10.5. The molecule has 1 N–H and O–H groups in total. The first kappa shape index (κ1) is 18.9. The van der Waals surface area contributed by atoms with Gasteiger partial charge in [0, 0.05) is 38.5 Å². The predicted molar refractivity (Wildman–Crippen MR) is 104 cm³/mol. The molecule has 4 atom stereocenters. The van der Waals surface area contributed by atoms with Crippen LogP contribution in [0.3, 0.4) is 0 Å². The number of amides is 1. The van der Waals surface area contributed by atoms with Gasteiger partial charge in [0.1, 0.15) is 0 Å². The summed E-state index contributed by atoms with van der Waals surface area (Å²) in [5, 5.41) is 3.22. The molecule has 2 saturated heterocycles.